The summed E-state index contributed by atoms with van der Waals surface area (Å²) in [5, 5.41) is 14.5. The van der Waals surface area contributed by atoms with Crippen molar-refractivity contribution in [1.82, 2.24) is 9.78 Å². The summed E-state index contributed by atoms with van der Waals surface area (Å²) in [5.41, 5.74) is 2.09. The van der Waals surface area contributed by atoms with E-state index < -0.39 is 0 Å². The second-order valence-corrected chi connectivity index (χ2v) is 4.60. The van der Waals surface area contributed by atoms with Crippen molar-refractivity contribution < 1.29 is 5.11 Å². The van der Waals surface area contributed by atoms with E-state index >= 15 is 0 Å². The molecule has 0 atom stereocenters. The summed E-state index contributed by atoms with van der Waals surface area (Å²) in [5.74, 6) is 0.691. The van der Waals surface area contributed by atoms with Gasteiger partial charge in [-0.05, 0) is 30.0 Å². The highest BCUT2D eigenvalue weighted by atomic mass is 16.3. The molecule has 3 nitrogen and oxygen atoms in total. The van der Waals surface area contributed by atoms with Crippen molar-refractivity contribution in [3.8, 4) is 0 Å². The third-order valence-electron chi connectivity index (χ3n) is 2.81. The Balaban J connectivity index is 2.27. The number of aryl methyl sites for hydroxylation is 1. The molecule has 16 heavy (non-hydrogen) atoms. The van der Waals surface area contributed by atoms with Crippen LogP contribution in [-0.2, 0) is 13.2 Å². The Morgan fingerprint density at radius 1 is 1.38 bits per heavy atom. The van der Waals surface area contributed by atoms with E-state index in [4.69, 9.17) is 5.11 Å². The van der Waals surface area contributed by atoms with E-state index in [2.05, 4.69) is 18.9 Å². The van der Waals surface area contributed by atoms with Crippen LogP contribution in [0, 0.1) is 5.92 Å². The molecule has 2 aromatic rings. The molecule has 1 N–H and O–H groups in total. The van der Waals surface area contributed by atoms with Crippen LogP contribution < -0.4 is 0 Å². The van der Waals surface area contributed by atoms with Crippen LogP contribution in [0.3, 0.4) is 0 Å². The van der Waals surface area contributed by atoms with Crippen LogP contribution in [0.4, 0.5) is 0 Å². The first kappa shape index (κ1) is 11.1. The lowest BCUT2D eigenvalue weighted by Gasteiger charge is -2.06. The maximum Gasteiger partial charge on any atom is 0.0682 e. The molecule has 0 bridgehead atoms. The second kappa shape index (κ2) is 4.66. The first-order valence-electron chi connectivity index (χ1n) is 5.76. The number of fused-ring (bicyclic) bond motifs is 1. The van der Waals surface area contributed by atoms with Crippen molar-refractivity contribution in [2.45, 2.75) is 33.4 Å². The van der Waals surface area contributed by atoms with Gasteiger partial charge in [0.25, 0.3) is 0 Å². The zero-order valence-electron chi connectivity index (χ0n) is 9.85. The van der Waals surface area contributed by atoms with Gasteiger partial charge in [-0.2, -0.15) is 5.10 Å². The van der Waals surface area contributed by atoms with Crippen molar-refractivity contribution in [3.05, 3.63) is 30.0 Å². The number of hydrogen-bond donors (Lipinski definition) is 1. The summed E-state index contributed by atoms with van der Waals surface area (Å²) in [7, 11) is 0. The van der Waals surface area contributed by atoms with Crippen LogP contribution in [0.25, 0.3) is 10.9 Å². The summed E-state index contributed by atoms with van der Waals surface area (Å²) >= 11 is 0. The smallest absolute Gasteiger partial charge is 0.0682 e. The predicted molar refractivity (Wildman–Crippen MR) is 65.1 cm³/mol. The average Bonchev–Trinajstić information content (AvgIpc) is 2.68. The van der Waals surface area contributed by atoms with Gasteiger partial charge in [-0.15, -0.1) is 0 Å². The summed E-state index contributed by atoms with van der Waals surface area (Å²) in [6.45, 7) is 5.48. The first-order valence-corrected chi connectivity index (χ1v) is 5.76. The zero-order chi connectivity index (χ0) is 11.5. The summed E-state index contributed by atoms with van der Waals surface area (Å²) < 4.78 is 2.04. The van der Waals surface area contributed by atoms with Crippen LogP contribution in [0.1, 0.15) is 25.8 Å². The fraction of sp³-hybridized carbons (Fsp3) is 0.462. The van der Waals surface area contributed by atoms with E-state index in [0.29, 0.717) is 5.92 Å². The third-order valence-corrected chi connectivity index (χ3v) is 2.81. The normalized spacial score (nSPS) is 11.5. The number of benzene rings is 1. The van der Waals surface area contributed by atoms with Crippen molar-refractivity contribution >= 4 is 10.9 Å². The maximum absolute atomic E-state index is 9.05. The van der Waals surface area contributed by atoms with Gasteiger partial charge in [0.1, 0.15) is 0 Å². The van der Waals surface area contributed by atoms with Gasteiger partial charge >= 0.3 is 0 Å². The van der Waals surface area contributed by atoms with E-state index in [1.54, 1.807) is 0 Å². The lowest BCUT2D eigenvalue weighted by molar-refractivity contribution is 0.282. The molecule has 0 saturated carbocycles. The lowest BCUT2D eigenvalue weighted by atomic mass is 10.1. The van der Waals surface area contributed by atoms with E-state index in [9.17, 15) is 0 Å². The second-order valence-electron chi connectivity index (χ2n) is 4.60. The Kier molecular flexibility index (Phi) is 3.25. The molecular formula is C13H18N2O. The van der Waals surface area contributed by atoms with Crippen molar-refractivity contribution in [3.63, 3.8) is 0 Å². The first-order chi connectivity index (χ1) is 7.70. The highest BCUT2D eigenvalue weighted by Gasteiger charge is 2.04. The van der Waals surface area contributed by atoms with Crippen molar-refractivity contribution in [2.75, 3.05) is 0 Å². The van der Waals surface area contributed by atoms with Gasteiger partial charge in [0.2, 0.25) is 0 Å². The molecule has 0 amide bonds. The van der Waals surface area contributed by atoms with Gasteiger partial charge in [-0.25, -0.2) is 0 Å². The fourth-order valence-electron chi connectivity index (χ4n) is 1.79. The quantitative estimate of drug-likeness (QED) is 0.856. The van der Waals surface area contributed by atoms with Crippen molar-refractivity contribution in [1.29, 1.82) is 0 Å². The van der Waals surface area contributed by atoms with E-state index in [0.717, 1.165) is 29.4 Å². The Morgan fingerprint density at radius 3 is 2.88 bits per heavy atom. The molecule has 1 aromatic carbocycles. The molecule has 0 fully saturated rings. The molecule has 0 aliphatic rings. The SMILES string of the molecule is CC(C)CCn1ncc2cc(CO)ccc21. The molecule has 86 valence electrons. The van der Waals surface area contributed by atoms with Crippen LogP contribution in [-0.4, -0.2) is 14.9 Å². The van der Waals surface area contributed by atoms with E-state index in [1.165, 1.54) is 0 Å². The number of nitrogens with zero attached hydrogens (tertiary/aromatic N) is 2. The van der Waals surface area contributed by atoms with Crippen LogP contribution in [0.5, 0.6) is 0 Å². The lowest BCUT2D eigenvalue weighted by Crippen LogP contribution is -2.02. The Hall–Kier alpha value is -1.35. The minimum atomic E-state index is 0.0904. The number of rotatable bonds is 4. The summed E-state index contributed by atoms with van der Waals surface area (Å²) in [6.07, 6.45) is 3.01. The summed E-state index contributed by atoms with van der Waals surface area (Å²) in [4.78, 5) is 0. The van der Waals surface area contributed by atoms with Gasteiger partial charge in [-0.1, -0.05) is 19.9 Å². The molecule has 0 unspecified atom stereocenters. The number of hydrogen-bond acceptors (Lipinski definition) is 2. The Labute approximate surface area is 95.7 Å². The van der Waals surface area contributed by atoms with Crippen LogP contribution in [0.2, 0.25) is 0 Å². The van der Waals surface area contributed by atoms with Crippen LogP contribution >= 0.6 is 0 Å². The topological polar surface area (TPSA) is 38.0 Å². The van der Waals surface area contributed by atoms with Gasteiger partial charge in [0.05, 0.1) is 18.3 Å². The molecule has 2 rings (SSSR count). The van der Waals surface area contributed by atoms with Crippen molar-refractivity contribution in [2.24, 2.45) is 5.92 Å². The van der Waals surface area contributed by atoms with Gasteiger partial charge in [0, 0.05) is 11.9 Å². The molecule has 0 saturated heterocycles. The fourth-order valence-corrected chi connectivity index (χ4v) is 1.79. The van der Waals surface area contributed by atoms with Gasteiger partial charge in [-0.3, -0.25) is 4.68 Å². The predicted octanol–water partition coefficient (Wildman–Crippen LogP) is 2.57. The minimum absolute atomic E-state index is 0.0904. The van der Waals surface area contributed by atoms with E-state index in [1.807, 2.05) is 29.1 Å². The van der Waals surface area contributed by atoms with Gasteiger partial charge < -0.3 is 5.11 Å². The molecule has 0 radical (unpaired) electrons. The van der Waals surface area contributed by atoms with E-state index in [-0.39, 0.29) is 6.61 Å². The highest BCUT2D eigenvalue weighted by Crippen LogP contribution is 2.17. The third kappa shape index (κ3) is 2.25. The van der Waals surface area contributed by atoms with Crippen LogP contribution in [0.15, 0.2) is 24.4 Å². The van der Waals surface area contributed by atoms with Gasteiger partial charge in [0.15, 0.2) is 0 Å². The average molecular weight is 218 g/mol. The molecule has 3 heteroatoms. The highest BCUT2D eigenvalue weighted by molar-refractivity contribution is 5.79. The monoisotopic (exact) mass is 218 g/mol. The molecule has 1 aromatic heterocycles. The molecule has 0 aliphatic heterocycles. The number of aliphatic hydroxyl groups excluding tert-OH is 1. The Morgan fingerprint density at radius 2 is 2.19 bits per heavy atom. The zero-order valence-corrected chi connectivity index (χ0v) is 9.85. The summed E-state index contributed by atoms with van der Waals surface area (Å²) in [6, 6.07) is 5.98. The molecule has 0 aliphatic carbocycles. The maximum atomic E-state index is 9.05. The Bertz CT molecular complexity index is 474. The molecular weight excluding hydrogens is 200 g/mol. The number of aromatic nitrogens is 2. The molecule has 1 heterocycles. The number of aliphatic hydroxyl groups is 1. The largest absolute Gasteiger partial charge is 0.392 e. The minimum Gasteiger partial charge on any atom is -0.392 e. The molecule has 0 spiro atoms. The standard InChI is InChI=1S/C13H18N2O/c1-10(2)5-6-15-13-4-3-11(9-16)7-12(13)8-14-15/h3-4,7-8,10,16H,5-6,9H2,1-2H3.